The van der Waals surface area contributed by atoms with Crippen LogP contribution in [0.1, 0.15) is 21.3 Å². The first-order valence-electron chi connectivity index (χ1n) is 7.91. The van der Waals surface area contributed by atoms with E-state index >= 15 is 0 Å². The number of anilines is 1. The summed E-state index contributed by atoms with van der Waals surface area (Å²) in [5, 5.41) is 16.8. The summed E-state index contributed by atoms with van der Waals surface area (Å²) in [4.78, 5) is 26.3. The number of fused-ring (bicyclic) bond motifs is 1. The summed E-state index contributed by atoms with van der Waals surface area (Å²) >= 11 is 13.7. The van der Waals surface area contributed by atoms with Crippen LogP contribution < -0.4 is 5.32 Å². The molecule has 0 saturated heterocycles. The molecule has 1 aliphatic rings. The molecule has 11 heteroatoms. The van der Waals surface area contributed by atoms with Crippen LogP contribution >= 0.6 is 34.5 Å². The Morgan fingerprint density at radius 1 is 1.29 bits per heavy atom. The Morgan fingerprint density at radius 2 is 2.11 bits per heavy atom. The van der Waals surface area contributed by atoms with Crippen LogP contribution in [-0.2, 0) is 9.53 Å². The first kappa shape index (κ1) is 18.6. The fourth-order valence-electron chi connectivity index (χ4n) is 2.94. The lowest BCUT2D eigenvalue weighted by molar-refractivity contribution is -0.136. The van der Waals surface area contributed by atoms with E-state index in [0.717, 1.165) is 0 Å². The summed E-state index contributed by atoms with van der Waals surface area (Å²) in [6.07, 6.45) is 0. The van der Waals surface area contributed by atoms with E-state index < -0.39 is 12.0 Å². The van der Waals surface area contributed by atoms with Gasteiger partial charge in [0.2, 0.25) is 11.7 Å². The SMILES string of the molecule is COC(=O)C1=C(C(=O)c2cccs2)[C@@H](c2ccc(Cl)cc2Cl)n2nnnc2N1. The van der Waals surface area contributed by atoms with E-state index in [1.54, 1.807) is 35.7 Å². The number of aromatic nitrogens is 4. The van der Waals surface area contributed by atoms with E-state index in [-0.39, 0.29) is 23.0 Å². The molecule has 2 aromatic heterocycles. The number of tetrazole rings is 1. The maximum atomic E-state index is 13.3. The largest absolute Gasteiger partial charge is 0.464 e. The summed E-state index contributed by atoms with van der Waals surface area (Å²) in [7, 11) is 1.23. The summed E-state index contributed by atoms with van der Waals surface area (Å²) in [6, 6.07) is 7.43. The van der Waals surface area contributed by atoms with Gasteiger partial charge in [0, 0.05) is 15.6 Å². The Bertz CT molecular complexity index is 1110. The molecule has 0 aliphatic carbocycles. The van der Waals surface area contributed by atoms with Crippen molar-refractivity contribution in [2.24, 2.45) is 0 Å². The van der Waals surface area contributed by atoms with Crippen LogP contribution in [0.3, 0.4) is 0 Å². The van der Waals surface area contributed by atoms with Gasteiger partial charge in [-0.1, -0.05) is 40.4 Å². The summed E-state index contributed by atoms with van der Waals surface area (Å²) in [5.41, 5.74) is 0.597. The third-order valence-corrected chi connectivity index (χ3v) is 5.58. The van der Waals surface area contributed by atoms with Gasteiger partial charge in [-0.3, -0.25) is 4.79 Å². The molecule has 0 spiro atoms. The molecule has 8 nitrogen and oxygen atoms in total. The Balaban J connectivity index is 1.99. The Labute approximate surface area is 172 Å². The fraction of sp³-hybridized carbons (Fsp3) is 0.118. The lowest BCUT2D eigenvalue weighted by Gasteiger charge is -2.28. The zero-order valence-corrected chi connectivity index (χ0v) is 16.5. The van der Waals surface area contributed by atoms with Crippen LogP contribution in [-0.4, -0.2) is 39.1 Å². The molecule has 0 saturated carbocycles. The molecule has 1 aliphatic heterocycles. The fourth-order valence-corrected chi connectivity index (χ4v) is 4.13. The van der Waals surface area contributed by atoms with Crippen LogP contribution in [0.15, 0.2) is 47.0 Å². The maximum Gasteiger partial charge on any atom is 0.355 e. The smallest absolute Gasteiger partial charge is 0.355 e. The number of nitrogens with zero attached hydrogens (tertiary/aromatic N) is 4. The van der Waals surface area contributed by atoms with Gasteiger partial charge in [0.25, 0.3) is 0 Å². The van der Waals surface area contributed by atoms with Gasteiger partial charge >= 0.3 is 5.97 Å². The molecule has 28 heavy (non-hydrogen) atoms. The molecule has 3 heterocycles. The first-order chi connectivity index (χ1) is 13.5. The van der Waals surface area contributed by atoms with E-state index in [1.807, 2.05) is 0 Å². The molecular weight excluding hydrogens is 425 g/mol. The molecule has 0 fully saturated rings. The van der Waals surface area contributed by atoms with Gasteiger partial charge in [0.05, 0.1) is 17.6 Å². The lowest BCUT2D eigenvalue weighted by Crippen LogP contribution is -2.32. The van der Waals surface area contributed by atoms with Crippen molar-refractivity contribution in [2.45, 2.75) is 6.04 Å². The molecule has 1 N–H and O–H groups in total. The van der Waals surface area contributed by atoms with E-state index in [0.29, 0.717) is 20.5 Å². The minimum absolute atomic E-state index is 0.0424. The third-order valence-electron chi connectivity index (χ3n) is 4.15. The minimum Gasteiger partial charge on any atom is -0.464 e. The van der Waals surface area contributed by atoms with E-state index in [9.17, 15) is 9.59 Å². The van der Waals surface area contributed by atoms with Crippen molar-refractivity contribution in [3.05, 3.63) is 67.5 Å². The summed E-state index contributed by atoms with van der Waals surface area (Å²) in [5.74, 6) is -0.900. The van der Waals surface area contributed by atoms with E-state index in [2.05, 4.69) is 20.8 Å². The average Bonchev–Trinajstić information content (AvgIpc) is 3.37. The number of rotatable bonds is 4. The van der Waals surface area contributed by atoms with Gasteiger partial charge in [-0.25, -0.2) is 4.79 Å². The quantitative estimate of drug-likeness (QED) is 0.495. The molecule has 142 valence electrons. The number of carbonyl (C=O) groups is 2. The zero-order valence-electron chi connectivity index (χ0n) is 14.2. The lowest BCUT2D eigenvalue weighted by atomic mass is 9.91. The molecule has 0 unspecified atom stereocenters. The third kappa shape index (κ3) is 3.07. The number of hydrogen-bond acceptors (Lipinski definition) is 8. The predicted molar refractivity (Wildman–Crippen MR) is 104 cm³/mol. The van der Waals surface area contributed by atoms with Crippen molar-refractivity contribution in [2.75, 3.05) is 12.4 Å². The van der Waals surface area contributed by atoms with Crippen LogP contribution in [0.4, 0.5) is 5.95 Å². The van der Waals surface area contributed by atoms with Crippen molar-refractivity contribution in [1.29, 1.82) is 0 Å². The number of nitrogens with one attached hydrogen (secondary N) is 1. The van der Waals surface area contributed by atoms with Gasteiger partial charge in [-0.15, -0.1) is 11.3 Å². The van der Waals surface area contributed by atoms with Crippen molar-refractivity contribution >= 4 is 52.2 Å². The number of halogens is 2. The highest BCUT2D eigenvalue weighted by atomic mass is 35.5. The van der Waals surface area contributed by atoms with E-state index in [4.69, 9.17) is 27.9 Å². The Morgan fingerprint density at radius 3 is 2.79 bits per heavy atom. The van der Waals surface area contributed by atoms with Gasteiger partial charge in [-0.2, -0.15) is 4.68 Å². The molecule has 0 radical (unpaired) electrons. The van der Waals surface area contributed by atoms with E-state index in [1.165, 1.54) is 23.1 Å². The van der Waals surface area contributed by atoms with Crippen molar-refractivity contribution in [1.82, 2.24) is 20.2 Å². The van der Waals surface area contributed by atoms with Crippen molar-refractivity contribution in [3.63, 3.8) is 0 Å². The number of ketones is 1. The number of benzene rings is 1. The molecule has 4 rings (SSSR count). The molecule has 1 aromatic carbocycles. The zero-order chi connectivity index (χ0) is 19.8. The van der Waals surface area contributed by atoms with Crippen LogP contribution in [0, 0.1) is 0 Å². The number of carbonyl (C=O) groups excluding carboxylic acids is 2. The topological polar surface area (TPSA) is 99.0 Å². The van der Waals surface area contributed by atoms with Crippen LogP contribution in [0.5, 0.6) is 0 Å². The Hall–Kier alpha value is -2.75. The Kier molecular flexibility index (Phi) is 4.88. The minimum atomic E-state index is -0.847. The molecule has 1 atom stereocenters. The second kappa shape index (κ2) is 7.34. The predicted octanol–water partition coefficient (Wildman–Crippen LogP) is 3.37. The van der Waals surface area contributed by atoms with Gasteiger partial charge in [-0.05, 0) is 34.0 Å². The van der Waals surface area contributed by atoms with Gasteiger partial charge in [0.1, 0.15) is 11.7 Å². The summed E-state index contributed by atoms with van der Waals surface area (Å²) < 4.78 is 6.26. The van der Waals surface area contributed by atoms with Crippen LogP contribution in [0.2, 0.25) is 10.0 Å². The second-order valence-corrected chi connectivity index (χ2v) is 7.52. The molecular formula is C17H11Cl2N5O3S. The molecule has 0 amide bonds. The number of methoxy groups -OCH3 is 1. The highest BCUT2D eigenvalue weighted by Gasteiger charge is 2.39. The van der Waals surface area contributed by atoms with Crippen LogP contribution in [0.25, 0.3) is 0 Å². The molecule has 3 aromatic rings. The normalized spacial score (nSPS) is 15.8. The monoisotopic (exact) mass is 435 g/mol. The number of Topliss-reactive ketones (excluding diaryl/α,β-unsaturated/α-hetero) is 1. The number of allylic oxidation sites excluding steroid dienone is 1. The highest BCUT2D eigenvalue weighted by Crippen LogP contribution is 2.40. The van der Waals surface area contributed by atoms with Crippen molar-refractivity contribution in [3.8, 4) is 0 Å². The second-order valence-electron chi connectivity index (χ2n) is 5.73. The van der Waals surface area contributed by atoms with Crippen molar-refractivity contribution < 1.29 is 14.3 Å². The maximum absolute atomic E-state index is 13.3. The number of ether oxygens (including phenoxy) is 1. The average molecular weight is 436 g/mol. The standard InChI is InChI=1S/C17H11Cl2N5O3S/c1-27-16(26)13-12(15(25)11-3-2-6-28-11)14(24-17(20-13)21-22-23-24)9-5-4-8(18)7-10(9)19/h2-7,14H,1H3,(H,20,21,23)/t14-/m1/s1. The number of thiophene rings is 1. The molecule has 0 bridgehead atoms. The highest BCUT2D eigenvalue weighted by molar-refractivity contribution is 7.12. The van der Waals surface area contributed by atoms with Gasteiger partial charge < -0.3 is 10.1 Å². The number of hydrogen-bond donors (Lipinski definition) is 1. The summed E-state index contributed by atoms with van der Waals surface area (Å²) in [6.45, 7) is 0. The first-order valence-corrected chi connectivity index (χ1v) is 9.55. The number of esters is 1. The van der Waals surface area contributed by atoms with Gasteiger partial charge in [0.15, 0.2) is 0 Å².